The summed E-state index contributed by atoms with van der Waals surface area (Å²) in [5, 5.41) is 4.74. The molecular formula is C43H31NO. The highest BCUT2D eigenvalue weighted by Crippen LogP contribution is 2.51. The normalized spacial score (nSPS) is 13.3. The summed E-state index contributed by atoms with van der Waals surface area (Å²) >= 11 is 0. The number of furan rings is 1. The van der Waals surface area contributed by atoms with Gasteiger partial charge in [0.25, 0.3) is 0 Å². The number of fused-ring (bicyclic) bond motifs is 7. The molecule has 1 aromatic heterocycles. The van der Waals surface area contributed by atoms with Crippen molar-refractivity contribution in [3.8, 4) is 22.3 Å². The first-order chi connectivity index (χ1) is 22.0. The fourth-order valence-corrected chi connectivity index (χ4v) is 7.33. The van der Waals surface area contributed by atoms with Crippen LogP contribution < -0.4 is 4.90 Å². The molecule has 1 heterocycles. The smallest absolute Gasteiger partial charge is 0.135 e. The first-order valence-electron chi connectivity index (χ1n) is 15.6. The van der Waals surface area contributed by atoms with Gasteiger partial charge in [-0.25, -0.2) is 0 Å². The fraction of sp³-hybridized carbons (Fsp3) is 0.0698. The second kappa shape index (κ2) is 9.70. The Labute approximate surface area is 262 Å². The summed E-state index contributed by atoms with van der Waals surface area (Å²) in [7, 11) is 0. The van der Waals surface area contributed by atoms with Gasteiger partial charge in [-0.15, -0.1) is 0 Å². The molecule has 0 spiro atoms. The predicted molar refractivity (Wildman–Crippen MR) is 189 cm³/mol. The SMILES string of the molecule is CC1(C)c2ccccc2-c2ccc(N(c3cccc(-c4ccc5ccccc5c4)c3)c3ccc4oc5ccccc5c4c3)cc21. The van der Waals surface area contributed by atoms with Crippen molar-refractivity contribution in [2.75, 3.05) is 4.90 Å². The molecule has 8 aromatic rings. The lowest BCUT2D eigenvalue weighted by atomic mass is 9.82. The summed E-state index contributed by atoms with van der Waals surface area (Å²) in [5.74, 6) is 0. The molecule has 2 nitrogen and oxygen atoms in total. The van der Waals surface area contributed by atoms with Gasteiger partial charge in [0, 0.05) is 33.2 Å². The van der Waals surface area contributed by atoms with E-state index in [9.17, 15) is 0 Å². The maximum Gasteiger partial charge on any atom is 0.135 e. The largest absolute Gasteiger partial charge is 0.456 e. The third-order valence-corrected chi connectivity index (χ3v) is 9.63. The average Bonchev–Trinajstić information content (AvgIpc) is 3.56. The second-order valence-corrected chi connectivity index (χ2v) is 12.6. The van der Waals surface area contributed by atoms with Crippen LogP contribution in [0.2, 0.25) is 0 Å². The Morgan fingerprint density at radius 3 is 2.07 bits per heavy atom. The summed E-state index contributed by atoms with van der Waals surface area (Å²) in [6.45, 7) is 4.69. The van der Waals surface area contributed by atoms with E-state index in [1.807, 2.05) is 12.1 Å². The molecule has 0 radical (unpaired) electrons. The van der Waals surface area contributed by atoms with E-state index < -0.39 is 0 Å². The molecule has 45 heavy (non-hydrogen) atoms. The van der Waals surface area contributed by atoms with Gasteiger partial charge in [-0.05, 0) is 98.8 Å². The van der Waals surface area contributed by atoms with Gasteiger partial charge in [-0.2, -0.15) is 0 Å². The zero-order chi connectivity index (χ0) is 30.1. The van der Waals surface area contributed by atoms with Crippen molar-refractivity contribution in [3.63, 3.8) is 0 Å². The Morgan fingerprint density at radius 2 is 1.13 bits per heavy atom. The van der Waals surface area contributed by atoms with Gasteiger partial charge in [-0.3, -0.25) is 0 Å². The molecule has 0 amide bonds. The van der Waals surface area contributed by atoms with Crippen LogP contribution in [0.4, 0.5) is 17.1 Å². The number of para-hydroxylation sites is 1. The van der Waals surface area contributed by atoms with E-state index in [1.165, 1.54) is 44.2 Å². The van der Waals surface area contributed by atoms with E-state index in [0.29, 0.717) is 0 Å². The number of hydrogen-bond donors (Lipinski definition) is 0. The number of benzene rings is 7. The molecule has 0 fully saturated rings. The van der Waals surface area contributed by atoms with Gasteiger partial charge >= 0.3 is 0 Å². The Morgan fingerprint density at radius 1 is 0.444 bits per heavy atom. The molecule has 2 heteroatoms. The number of hydrogen-bond acceptors (Lipinski definition) is 2. The molecule has 0 N–H and O–H groups in total. The van der Waals surface area contributed by atoms with Crippen molar-refractivity contribution in [1.82, 2.24) is 0 Å². The van der Waals surface area contributed by atoms with E-state index in [-0.39, 0.29) is 5.41 Å². The standard InChI is InChI=1S/C43H31NO/c1-43(2)39-16-7-5-14-35(39)36-22-20-34(27-40(36)43)44(33-21-23-42-38(26-33)37-15-6-8-17-41(37)45-42)32-13-9-12-30(25-32)31-19-18-28-10-3-4-11-29(28)24-31/h3-27H,1-2H3. The minimum Gasteiger partial charge on any atom is -0.456 e. The van der Waals surface area contributed by atoms with Crippen molar-refractivity contribution >= 4 is 49.8 Å². The minimum atomic E-state index is -0.0920. The summed E-state index contributed by atoms with van der Waals surface area (Å²) in [5.41, 5.74) is 12.8. The Bertz CT molecular complexity index is 2430. The maximum atomic E-state index is 6.22. The molecule has 1 aliphatic carbocycles. The summed E-state index contributed by atoms with van der Waals surface area (Å²) in [6.07, 6.45) is 0. The van der Waals surface area contributed by atoms with Crippen LogP contribution in [0.25, 0.3) is 55.0 Å². The molecule has 0 unspecified atom stereocenters. The fourth-order valence-electron chi connectivity index (χ4n) is 7.33. The molecule has 214 valence electrons. The molecular weight excluding hydrogens is 546 g/mol. The van der Waals surface area contributed by atoms with Crippen molar-refractivity contribution < 1.29 is 4.42 Å². The number of rotatable bonds is 4. The second-order valence-electron chi connectivity index (χ2n) is 12.6. The molecule has 0 bridgehead atoms. The molecule has 0 saturated heterocycles. The Hall–Kier alpha value is -5.60. The summed E-state index contributed by atoms with van der Waals surface area (Å²) < 4.78 is 6.22. The van der Waals surface area contributed by atoms with Crippen LogP contribution in [-0.4, -0.2) is 0 Å². The first kappa shape index (κ1) is 25.9. The van der Waals surface area contributed by atoms with Crippen LogP contribution in [0.1, 0.15) is 25.0 Å². The average molecular weight is 578 g/mol. The van der Waals surface area contributed by atoms with E-state index in [2.05, 4.69) is 158 Å². The topological polar surface area (TPSA) is 16.4 Å². The summed E-state index contributed by atoms with van der Waals surface area (Å²) in [4.78, 5) is 2.39. The van der Waals surface area contributed by atoms with E-state index in [1.54, 1.807) is 0 Å². The lowest BCUT2D eigenvalue weighted by Gasteiger charge is -2.28. The monoisotopic (exact) mass is 577 g/mol. The Kier molecular flexibility index (Phi) is 5.58. The molecule has 9 rings (SSSR count). The lowest BCUT2D eigenvalue weighted by molar-refractivity contribution is 0.660. The molecule has 0 aliphatic heterocycles. The van der Waals surface area contributed by atoms with Crippen molar-refractivity contribution in [2.24, 2.45) is 0 Å². The predicted octanol–water partition coefficient (Wildman–Crippen LogP) is 12.2. The maximum absolute atomic E-state index is 6.22. The van der Waals surface area contributed by atoms with Crippen molar-refractivity contribution in [1.29, 1.82) is 0 Å². The molecule has 0 atom stereocenters. The van der Waals surface area contributed by atoms with Crippen molar-refractivity contribution in [2.45, 2.75) is 19.3 Å². The van der Waals surface area contributed by atoms with Crippen LogP contribution in [-0.2, 0) is 5.41 Å². The van der Waals surface area contributed by atoms with Gasteiger partial charge in [0.1, 0.15) is 11.2 Å². The van der Waals surface area contributed by atoms with E-state index in [4.69, 9.17) is 4.42 Å². The third kappa shape index (κ3) is 4.03. The number of nitrogens with zero attached hydrogens (tertiary/aromatic N) is 1. The van der Waals surface area contributed by atoms with Crippen LogP contribution in [0.3, 0.4) is 0 Å². The van der Waals surface area contributed by atoms with Crippen molar-refractivity contribution in [3.05, 3.63) is 163 Å². The lowest BCUT2D eigenvalue weighted by Crippen LogP contribution is -2.16. The highest BCUT2D eigenvalue weighted by Gasteiger charge is 2.35. The molecule has 1 aliphatic rings. The van der Waals surface area contributed by atoms with Gasteiger partial charge in [0.2, 0.25) is 0 Å². The minimum absolute atomic E-state index is 0.0920. The highest BCUT2D eigenvalue weighted by molar-refractivity contribution is 6.06. The number of anilines is 3. The van der Waals surface area contributed by atoms with E-state index >= 15 is 0 Å². The van der Waals surface area contributed by atoms with Crippen LogP contribution in [0.5, 0.6) is 0 Å². The van der Waals surface area contributed by atoms with Crippen LogP contribution >= 0.6 is 0 Å². The van der Waals surface area contributed by atoms with Gasteiger partial charge in [0.15, 0.2) is 0 Å². The molecule has 0 saturated carbocycles. The Balaban J connectivity index is 1.24. The van der Waals surface area contributed by atoms with Crippen LogP contribution in [0.15, 0.2) is 156 Å². The van der Waals surface area contributed by atoms with Crippen LogP contribution in [0, 0.1) is 0 Å². The quantitative estimate of drug-likeness (QED) is 0.207. The summed E-state index contributed by atoms with van der Waals surface area (Å²) in [6, 6.07) is 54.9. The van der Waals surface area contributed by atoms with E-state index in [0.717, 1.165) is 39.0 Å². The highest BCUT2D eigenvalue weighted by atomic mass is 16.3. The zero-order valence-electron chi connectivity index (χ0n) is 25.3. The van der Waals surface area contributed by atoms with Gasteiger partial charge in [-0.1, -0.05) is 111 Å². The first-order valence-corrected chi connectivity index (χ1v) is 15.6. The zero-order valence-corrected chi connectivity index (χ0v) is 25.3. The third-order valence-electron chi connectivity index (χ3n) is 9.63. The van der Waals surface area contributed by atoms with Gasteiger partial charge < -0.3 is 9.32 Å². The molecule has 7 aromatic carbocycles. The van der Waals surface area contributed by atoms with Gasteiger partial charge in [0.05, 0.1) is 0 Å².